The number of carbonyl (C=O) groups excluding carboxylic acids is 2. The van der Waals surface area contributed by atoms with Crippen LogP contribution in [0.3, 0.4) is 0 Å². The molecule has 0 radical (unpaired) electrons. The molecule has 0 saturated carbocycles. The van der Waals surface area contributed by atoms with Crippen molar-refractivity contribution in [3.05, 3.63) is 71.8 Å². The molecule has 0 fully saturated rings. The second-order valence-corrected chi connectivity index (χ2v) is 4.11. The highest BCUT2D eigenvalue weighted by Gasteiger charge is 2.03. The zero-order valence-electron chi connectivity index (χ0n) is 10.8. The zero-order valence-corrected chi connectivity index (χ0v) is 10.8. The number of carbonyl (C=O) groups is 2. The Bertz CT molecular complexity index is 551. The van der Waals surface area contributed by atoms with Crippen LogP contribution in [0.1, 0.15) is 27.1 Å². The molecule has 0 atom stereocenters. The van der Waals surface area contributed by atoms with Crippen molar-refractivity contribution in [2.24, 2.45) is 5.10 Å². The third-order valence-corrected chi connectivity index (χ3v) is 2.67. The summed E-state index contributed by atoms with van der Waals surface area (Å²) in [6.45, 7) is 0. The summed E-state index contributed by atoms with van der Waals surface area (Å²) in [5, 5.41) is 3.77. The number of ketones is 1. The summed E-state index contributed by atoms with van der Waals surface area (Å²) in [4.78, 5) is 23.4. The maximum absolute atomic E-state index is 11.8. The molecule has 0 aliphatic carbocycles. The average molecular weight is 266 g/mol. The van der Waals surface area contributed by atoms with Gasteiger partial charge in [0.15, 0.2) is 5.78 Å². The molecule has 4 nitrogen and oxygen atoms in total. The summed E-state index contributed by atoms with van der Waals surface area (Å²) in [6.07, 6.45) is 1.55. The monoisotopic (exact) mass is 266 g/mol. The molecule has 0 bridgehead atoms. The van der Waals surface area contributed by atoms with Gasteiger partial charge in [-0.2, -0.15) is 5.10 Å². The van der Waals surface area contributed by atoms with Gasteiger partial charge in [0, 0.05) is 23.8 Å². The Hall–Kier alpha value is -2.75. The highest BCUT2D eigenvalue weighted by Crippen LogP contribution is 2.01. The molecule has 0 aliphatic rings. The van der Waals surface area contributed by atoms with Crippen LogP contribution in [0, 0.1) is 0 Å². The van der Waals surface area contributed by atoms with Crippen molar-refractivity contribution in [1.82, 2.24) is 5.43 Å². The molecular formula is C16H14N2O2. The van der Waals surface area contributed by atoms with Crippen molar-refractivity contribution in [2.45, 2.75) is 6.42 Å². The van der Waals surface area contributed by atoms with Crippen LogP contribution in [-0.4, -0.2) is 17.9 Å². The van der Waals surface area contributed by atoms with E-state index in [1.807, 2.05) is 24.3 Å². The molecule has 0 aromatic heterocycles. The molecule has 1 N–H and O–H groups in total. The lowest BCUT2D eigenvalue weighted by Gasteiger charge is -1.99. The minimum absolute atomic E-state index is 0.0386. The van der Waals surface area contributed by atoms with Crippen LogP contribution in [-0.2, 0) is 0 Å². The third-order valence-electron chi connectivity index (χ3n) is 2.67. The lowest BCUT2D eigenvalue weighted by molar-refractivity contribution is 0.0951. The normalized spacial score (nSPS) is 10.4. The fraction of sp³-hybridized carbons (Fsp3) is 0.0625. The van der Waals surface area contributed by atoms with Crippen molar-refractivity contribution in [3.8, 4) is 0 Å². The van der Waals surface area contributed by atoms with Gasteiger partial charge in [-0.3, -0.25) is 9.59 Å². The van der Waals surface area contributed by atoms with Crippen LogP contribution < -0.4 is 5.43 Å². The van der Waals surface area contributed by atoms with E-state index in [9.17, 15) is 9.59 Å². The van der Waals surface area contributed by atoms with Gasteiger partial charge in [-0.25, -0.2) is 5.43 Å². The second kappa shape index (κ2) is 6.99. The number of nitrogens with one attached hydrogen (secondary N) is 1. The molecule has 20 heavy (non-hydrogen) atoms. The van der Waals surface area contributed by atoms with Crippen LogP contribution in [0.4, 0.5) is 0 Å². The summed E-state index contributed by atoms with van der Waals surface area (Å²) in [5.41, 5.74) is 3.54. The van der Waals surface area contributed by atoms with Gasteiger partial charge in [0.05, 0.1) is 0 Å². The molecule has 0 spiro atoms. The van der Waals surface area contributed by atoms with Gasteiger partial charge in [0.1, 0.15) is 0 Å². The number of nitrogens with zero attached hydrogens (tertiary/aromatic N) is 1. The van der Waals surface area contributed by atoms with Crippen molar-refractivity contribution in [2.75, 3.05) is 0 Å². The largest absolute Gasteiger partial charge is 0.294 e. The van der Waals surface area contributed by atoms with Crippen molar-refractivity contribution in [3.63, 3.8) is 0 Å². The Labute approximate surface area is 117 Å². The fourth-order valence-electron chi connectivity index (χ4n) is 1.63. The van der Waals surface area contributed by atoms with Gasteiger partial charge in [-0.1, -0.05) is 48.5 Å². The predicted molar refractivity (Wildman–Crippen MR) is 77.8 cm³/mol. The van der Waals surface area contributed by atoms with Gasteiger partial charge in [0.2, 0.25) is 0 Å². The van der Waals surface area contributed by atoms with E-state index in [0.29, 0.717) is 11.1 Å². The SMILES string of the molecule is O=C(CC=NNC(=O)c1ccccc1)c1ccccc1. The lowest BCUT2D eigenvalue weighted by Crippen LogP contribution is -2.17. The predicted octanol–water partition coefficient (Wildman–Crippen LogP) is 2.68. The number of Topliss-reactive ketones (excluding diaryl/α,β-unsaturated/α-hetero) is 1. The molecule has 0 heterocycles. The van der Waals surface area contributed by atoms with Crippen molar-refractivity contribution >= 4 is 17.9 Å². The number of hydrazone groups is 1. The smallest absolute Gasteiger partial charge is 0.271 e. The molecule has 2 aromatic carbocycles. The maximum atomic E-state index is 11.8. The highest BCUT2D eigenvalue weighted by atomic mass is 16.2. The Balaban J connectivity index is 1.83. The Morgan fingerprint density at radius 3 is 2.05 bits per heavy atom. The molecule has 1 amide bonds. The molecular weight excluding hydrogens is 252 g/mol. The van der Waals surface area contributed by atoms with E-state index in [0.717, 1.165) is 0 Å². The van der Waals surface area contributed by atoms with E-state index in [1.165, 1.54) is 6.21 Å². The summed E-state index contributed by atoms with van der Waals surface area (Å²) >= 11 is 0. The molecule has 100 valence electrons. The standard InChI is InChI=1S/C16H14N2O2/c19-15(13-7-3-1-4-8-13)11-12-17-18-16(20)14-9-5-2-6-10-14/h1-10,12H,11H2,(H,18,20). The Morgan fingerprint density at radius 1 is 0.900 bits per heavy atom. The van der Waals surface area contributed by atoms with E-state index in [-0.39, 0.29) is 18.1 Å². The molecule has 0 saturated heterocycles. The first-order chi connectivity index (χ1) is 9.77. The average Bonchev–Trinajstić information content (AvgIpc) is 2.53. The first-order valence-electron chi connectivity index (χ1n) is 6.22. The van der Waals surface area contributed by atoms with Gasteiger partial charge in [-0.15, -0.1) is 0 Å². The fourth-order valence-corrected chi connectivity index (χ4v) is 1.63. The number of amides is 1. The number of benzene rings is 2. The second-order valence-electron chi connectivity index (χ2n) is 4.11. The molecule has 2 rings (SSSR count). The number of hydrogen-bond donors (Lipinski definition) is 1. The summed E-state index contributed by atoms with van der Waals surface area (Å²) in [5.74, 6) is -0.336. The zero-order chi connectivity index (χ0) is 14.2. The first-order valence-corrected chi connectivity index (χ1v) is 6.22. The molecule has 0 aliphatic heterocycles. The van der Waals surface area contributed by atoms with Crippen LogP contribution in [0.25, 0.3) is 0 Å². The topological polar surface area (TPSA) is 58.5 Å². The molecule has 2 aromatic rings. The van der Waals surface area contributed by atoms with E-state index >= 15 is 0 Å². The Kier molecular flexibility index (Phi) is 4.78. The van der Waals surface area contributed by atoms with Gasteiger partial charge in [0.25, 0.3) is 5.91 Å². The van der Waals surface area contributed by atoms with E-state index in [1.54, 1.807) is 36.4 Å². The highest BCUT2D eigenvalue weighted by molar-refractivity contribution is 6.03. The number of hydrogen-bond acceptors (Lipinski definition) is 3. The van der Waals surface area contributed by atoms with Gasteiger partial charge < -0.3 is 0 Å². The van der Waals surface area contributed by atoms with Crippen LogP contribution in [0.2, 0.25) is 0 Å². The maximum Gasteiger partial charge on any atom is 0.271 e. The third kappa shape index (κ3) is 3.88. The van der Waals surface area contributed by atoms with Gasteiger partial charge >= 0.3 is 0 Å². The van der Waals surface area contributed by atoms with Gasteiger partial charge in [-0.05, 0) is 12.1 Å². The summed E-state index contributed by atoms with van der Waals surface area (Å²) < 4.78 is 0. The quantitative estimate of drug-likeness (QED) is 0.514. The number of rotatable bonds is 5. The minimum Gasteiger partial charge on any atom is -0.294 e. The van der Waals surface area contributed by atoms with Crippen LogP contribution in [0.15, 0.2) is 65.8 Å². The van der Waals surface area contributed by atoms with E-state index in [4.69, 9.17) is 0 Å². The minimum atomic E-state index is -0.297. The van der Waals surface area contributed by atoms with Crippen LogP contribution in [0.5, 0.6) is 0 Å². The lowest BCUT2D eigenvalue weighted by atomic mass is 10.1. The van der Waals surface area contributed by atoms with Crippen molar-refractivity contribution < 1.29 is 9.59 Å². The van der Waals surface area contributed by atoms with E-state index < -0.39 is 0 Å². The van der Waals surface area contributed by atoms with Crippen molar-refractivity contribution in [1.29, 1.82) is 0 Å². The van der Waals surface area contributed by atoms with E-state index in [2.05, 4.69) is 10.5 Å². The van der Waals surface area contributed by atoms with Crippen LogP contribution >= 0.6 is 0 Å². The first kappa shape index (κ1) is 13.7. The Morgan fingerprint density at radius 2 is 1.45 bits per heavy atom. The molecule has 4 heteroatoms. The summed E-state index contributed by atoms with van der Waals surface area (Å²) in [6, 6.07) is 17.7. The molecule has 0 unspecified atom stereocenters. The summed E-state index contributed by atoms with van der Waals surface area (Å²) in [7, 11) is 0.